The van der Waals surface area contributed by atoms with Crippen LogP contribution in [0.15, 0.2) is 54.6 Å². The van der Waals surface area contributed by atoms with E-state index in [0.717, 1.165) is 32.0 Å². The molecule has 0 spiro atoms. The van der Waals surface area contributed by atoms with Crippen LogP contribution in [0.1, 0.15) is 61.8 Å². The van der Waals surface area contributed by atoms with Gasteiger partial charge in [-0.15, -0.1) is 11.3 Å². The Labute approximate surface area is 237 Å². The summed E-state index contributed by atoms with van der Waals surface area (Å²) in [6.45, 7) is 7.69. The number of esters is 3. The second-order valence-electron chi connectivity index (χ2n) is 9.86. The third kappa shape index (κ3) is 6.95. The van der Waals surface area contributed by atoms with Crippen LogP contribution in [-0.2, 0) is 39.8 Å². The van der Waals surface area contributed by atoms with Crippen molar-refractivity contribution in [2.75, 3.05) is 0 Å². The maximum atomic E-state index is 13.4. The molecule has 2 aromatic carbocycles. The Hall–Kier alpha value is -3.56. The smallest absolute Gasteiger partial charge is 0.303 e. The second-order valence-corrected chi connectivity index (χ2v) is 11.0. The summed E-state index contributed by atoms with van der Waals surface area (Å²) in [4.78, 5) is 38.3. The van der Waals surface area contributed by atoms with Gasteiger partial charge in [-0.05, 0) is 59.9 Å². The van der Waals surface area contributed by atoms with E-state index in [-0.39, 0.29) is 5.82 Å². The highest BCUT2D eigenvalue weighted by atomic mass is 32.1. The SMILES string of the molecule is CC[C@H]1OC(c2ccc(C)c(Cc3ccc(-c4ccc(F)cc4)s3)c2)[C@H](OC(C)=O)[C@@H](OC(C)=O)[C@@H]1OC(C)=O. The van der Waals surface area contributed by atoms with Gasteiger partial charge in [-0.1, -0.05) is 37.3 Å². The molecule has 0 N–H and O–H groups in total. The number of hydrogen-bond acceptors (Lipinski definition) is 8. The lowest BCUT2D eigenvalue weighted by molar-refractivity contribution is -0.249. The lowest BCUT2D eigenvalue weighted by atomic mass is 9.88. The van der Waals surface area contributed by atoms with Crippen LogP contribution in [0.2, 0.25) is 0 Å². The Morgan fingerprint density at radius 2 is 1.48 bits per heavy atom. The minimum Gasteiger partial charge on any atom is -0.456 e. The van der Waals surface area contributed by atoms with Gasteiger partial charge in [0, 0.05) is 36.9 Å². The number of benzene rings is 2. The summed E-state index contributed by atoms with van der Waals surface area (Å²) in [5, 5.41) is 0. The first-order valence-electron chi connectivity index (χ1n) is 13.2. The van der Waals surface area contributed by atoms with Gasteiger partial charge in [0.1, 0.15) is 11.9 Å². The van der Waals surface area contributed by atoms with E-state index in [2.05, 4.69) is 6.07 Å². The molecular formula is C31H33FO7S. The van der Waals surface area contributed by atoms with Crippen LogP contribution in [0.25, 0.3) is 10.4 Å². The molecular weight excluding hydrogens is 535 g/mol. The average Bonchev–Trinajstić information content (AvgIpc) is 3.35. The van der Waals surface area contributed by atoms with E-state index in [0.29, 0.717) is 12.8 Å². The van der Waals surface area contributed by atoms with E-state index in [1.54, 1.807) is 23.5 Å². The van der Waals surface area contributed by atoms with E-state index in [4.69, 9.17) is 18.9 Å². The Kier molecular flexibility index (Phi) is 9.37. The summed E-state index contributed by atoms with van der Waals surface area (Å²) >= 11 is 1.63. The zero-order chi connectivity index (χ0) is 29.0. The lowest BCUT2D eigenvalue weighted by Gasteiger charge is -2.45. The van der Waals surface area contributed by atoms with Crippen molar-refractivity contribution in [3.63, 3.8) is 0 Å². The third-order valence-electron chi connectivity index (χ3n) is 6.80. The number of rotatable bonds is 8. The first-order chi connectivity index (χ1) is 19.0. The maximum absolute atomic E-state index is 13.4. The molecule has 40 heavy (non-hydrogen) atoms. The van der Waals surface area contributed by atoms with Crippen molar-refractivity contribution >= 4 is 29.2 Å². The zero-order valence-electron chi connectivity index (χ0n) is 23.1. The molecule has 2 heterocycles. The van der Waals surface area contributed by atoms with E-state index in [1.807, 2.05) is 38.1 Å². The van der Waals surface area contributed by atoms with Gasteiger partial charge in [0.2, 0.25) is 0 Å². The van der Waals surface area contributed by atoms with E-state index in [1.165, 1.54) is 32.9 Å². The number of carbonyl (C=O) groups is 3. The third-order valence-corrected chi connectivity index (χ3v) is 7.93. The van der Waals surface area contributed by atoms with E-state index >= 15 is 0 Å². The summed E-state index contributed by atoms with van der Waals surface area (Å²) in [6, 6.07) is 16.4. The van der Waals surface area contributed by atoms with Gasteiger partial charge >= 0.3 is 17.9 Å². The molecule has 4 rings (SSSR count). The van der Waals surface area contributed by atoms with Crippen molar-refractivity contribution in [3.05, 3.63) is 82.0 Å². The molecule has 1 saturated heterocycles. The molecule has 212 valence electrons. The minimum atomic E-state index is -1.05. The Morgan fingerprint density at radius 1 is 0.850 bits per heavy atom. The van der Waals surface area contributed by atoms with Gasteiger partial charge in [-0.2, -0.15) is 0 Å². The summed E-state index contributed by atoms with van der Waals surface area (Å²) in [5.41, 5.74) is 3.82. The summed E-state index contributed by atoms with van der Waals surface area (Å²) in [5.74, 6) is -2.00. The zero-order valence-corrected chi connectivity index (χ0v) is 24.0. The van der Waals surface area contributed by atoms with E-state index < -0.39 is 48.4 Å². The number of ether oxygens (including phenoxy) is 4. The van der Waals surface area contributed by atoms with Crippen molar-refractivity contribution in [2.45, 2.75) is 78.0 Å². The maximum Gasteiger partial charge on any atom is 0.303 e. The highest BCUT2D eigenvalue weighted by Crippen LogP contribution is 2.39. The molecule has 1 aliphatic rings. The van der Waals surface area contributed by atoms with Crippen LogP contribution >= 0.6 is 11.3 Å². The molecule has 1 unspecified atom stereocenters. The molecule has 1 aromatic heterocycles. The average molecular weight is 569 g/mol. The number of aryl methyl sites for hydroxylation is 1. The fourth-order valence-electron chi connectivity index (χ4n) is 4.98. The topological polar surface area (TPSA) is 88.1 Å². The summed E-state index contributed by atoms with van der Waals surface area (Å²) in [6.07, 6.45) is -3.25. The largest absolute Gasteiger partial charge is 0.456 e. The molecule has 5 atom stereocenters. The highest BCUT2D eigenvalue weighted by Gasteiger charge is 2.51. The van der Waals surface area contributed by atoms with Crippen LogP contribution < -0.4 is 0 Å². The fourth-order valence-corrected chi connectivity index (χ4v) is 6.02. The van der Waals surface area contributed by atoms with E-state index in [9.17, 15) is 18.8 Å². The molecule has 9 heteroatoms. The van der Waals surface area contributed by atoms with Gasteiger partial charge in [-0.3, -0.25) is 14.4 Å². The molecule has 0 radical (unpaired) electrons. The second kappa shape index (κ2) is 12.7. The molecule has 0 saturated carbocycles. The van der Waals surface area contributed by atoms with Crippen molar-refractivity contribution < 1.29 is 37.7 Å². The standard InChI is InChI=1S/C31H33FO7S/c1-6-26-29(36-18(3)33)31(38-20(5)35)30(37-19(4)34)28(39-26)22-8-7-17(2)23(15-22)16-25-13-14-27(40-25)21-9-11-24(32)12-10-21/h7-15,26,28-31H,6,16H2,1-5H3/t26-,28?,29-,30+,31+/m1/s1. The van der Waals surface area contributed by atoms with Gasteiger partial charge in [-0.25, -0.2) is 4.39 Å². The molecule has 1 aliphatic heterocycles. The summed E-state index contributed by atoms with van der Waals surface area (Å²) in [7, 11) is 0. The number of halogens is 1. The van der Waals surface area contributed by atoms with Crippen molar-refractivity contribution in [1.82, 2.24) is 0 Å². The molecule has 0 amide bonds. The van der Waals surface area contributed by atoms with Crippen molar-refractivity contribution in [1.29, 1.82) is 0 Å². The van der Waals surface area contributed by atoms with Gasteiger partial charge in [0.15, 0.2) is 18.3 Å². The predicted molar refractivity (Wildman–Crippen MR) is 148 cm³/mol. The van der Waals surface area contributed by atoms with Crippen LogP contribution in [0.3, 0.4) is 0 Å². The predicted octanol–water partition coefficient (Wildman–Crippen LogP) is 6.10. The minimum absolute atomic E-state index is 0.273. The molecule has 3 aromatic rings. The normalized spacial score (nSPS) is 22.4. The molecule has 1 fully saturated rings. The quantitative estimate of drug-likeness (QED) is 0.240. The van der Waals surface area contributed by atoms with Crippen LogP contribution in [0.5, 0.6) is 0 Å². The van der Waals surface area contributed by atoms with Crippen molar-refractivity contribution in [3.8, 4) is 10.4 Å². The fraction of sp³-hybridized carbons (Fsp3) is 0.387. The van der Waals surface area contributed by atoms with Gasteiger partial charge in [0.25, 0.3) is 0 Å². The van der Waals surface area contributed by atoms with Crippen LogP contribution in [0.4, 0.5) is 4.39 Å². The first-order valence-corrected chi connectivity index (χ1v) is 14.0. The Balaban J connectivity index is 1.67. The summed E-state index contributed by atoms with van der Waals surface area (Å²) < 4.78 is 36.6. The van der Waals surface area contributed by atoms with Gasteiger partial charge in [0.05, 0.1) is 6.10 Å². The van der Waals surface area contributed by atoms with Crippen LogP contribution in [-0.4, -0.2) is 42.3 Å². The molecule has 7 nitrogen and oxygen atoms in total. The molecule has 0 bridgehead atoms. The number of carbonyl (C=O) groups excluding carboxylic acids is 3. The Morgan fingerprint density at radius 3 is 2.10 bits per heavy atom. The van der Waals surface area contributed by atoms with Crippen molar-refractivity contribution in [2.24, 2.45) is 0 Å². The highest BCUT2D eigenvalue weighted by molar-refractivity contribution is 7.15. The number of thiophene rings is 1. The monoisotopic (exact) mass is 568 g/mol. The number of hydrogen-bond donors (Lipinski definition) is 0. The lowest BCUT2D eigenvalue weighted by Crippen LogP contribution is -2.58. The molecule has 0 aliphatic carbocycles. The first kappa shape index (κ1) is 29.4. The Bertz CT molecular complexity index is 1370. The van der Waals surface area contributed by atoms with Gasteiger partial charge < -0.3 is 18.9 Å². The van der Waals surface area contributed by atoms with Crippen LogP contribution in [0, 0.1) is 12.7 Å².